The van der Waals surface area contributed by atoms with Crippen molar-refractivity contribution >= 4 is 11.7 Å². The van der Waals surface area contributed by atoms with Gasteiger partial charge in [-0.05, 0) is 6.42 Å². The normalized spacial score (nSPS) is 12.6. The number of nitrogens with two attached hydrogens (primary N) is 1. The molecule has 0 saturated carbocycles. The molecule has 0 atom stereocenters. The maximum Gasteiger partial charge on any atom is 0.406 e. The van der Waals surface area contributed by atoms with E-state index in [0.29, 0.717) is 11.3 Å². The van der Waals surface area contributed by atoms with Crippen molar-refractivity contribution < 1.29 is 23.2 Å². The lowest BCUT2D eigenvalue weighted by atomic mass is 10.3. The first-order chi connectivity index (χ1) is 7.30. The number of hydrogen-bond acceptors (Lipinski definition) is 3. The van der Waals surface area contributed by atoms with Crippen LogP contribution in [0.3, 0.4) is 0 Å². The highest BCUT2D eigenvalue weighted by atomic mass is 19.4. The molecule has 0 aromatic rings. The first-order valence-electron chi connectivity index (χ1n) is 4.61. The van der Waals surface area contributed by atoms with Crippen molar-refractivity contribution in [1.29, 1.82) is 0 Å². The van der Waals surface area contributed by atoms with Crippen LogP contribution in [-0.2, 0) is 4.79 Å². The monoisotopic (exact) mass is 241 g/mol. The predicted molar refractivity (Wildman–Crippen MR) is 51.0 cm³/mol. The molecule has 0 unspecified atom stereocenters. The molecule has 1 amide bonds. The summed E-state index contributed by atoms with van der Waals surface area (Å²) in [6.45, 7) is 0.315. The standard InChI is InChI=1S/C8H14F3N3O2/c1-2-3-14(5-8(9,10)11)7(15)4-6(12)13-16/h16H,2-5H2,1H3,(H2,12,13). The van der Waals surface area contributed by atoms with Crippen molar-refractivity contribution in [1.82, 2.24) is 4.90 Å². The summed E-state index contributed by atoms with van der Waals surface area (Å²) in [7, 11) is 0. The van der Waals surface area contributed by atoms with Gasteiger partial charge >= 0.3 is 6.18 Å². The van der Waals surface area contributed by atoms with Gasteiger partial charge in [-0.15, -0.1) is 0 Å². The Morgan fingerprint density at radius 2 is 2.06 bits per heavy atom. The minimum Gasteiger partial charge on any atom is -0.409 e. The smallest absolute Gasteiger partial charge is 0.406 e. The molecule has 0 radical (unpaired) electrons. The fraction of sp³-hybridized carbons (Fsp3) is 0.750. The Morgan fingerprint density at radius 1 is 1.50 bits per heavy atom. The van der Waals surface area contributed by atoms with Crippen molar-refractivity contribution in [3.63, 3.8) is 0 Å². The summed E-state index contributed by atoms with van der Waals surface area (Å²) in [6, 6.07) is 0. The van der Waals surface area contributed by atoms with Gasteiger partial charge in [0.1, 0.15) is 12.4 Å². The Balaban J connectivity index is 4.47. The fourth-order valence-corrected chi connectivity index (χ4v) is 1.08. The second-order valence-electron chi connectivity index (χ2n) is 3.20. The van der Waals surface area contributed by atoms with Crippen LogP contribution < -0.4 is 5.73 Å². The predicted octanol–water partition coefficient (Wildman–Crippen LogP) is 0.924. The van der Waals surface area contributed by atoms with Crippen molar-refractivity contribution in [2.24, 2.45) is 10.9 Å². The maximum atomic E-state index is 12.1. The number of oxime groups is 1. The second kappa shape index (κ2) is 6.19. The van der Waals surface area contributed by atoms with Crippen LogP contribution in [0.25, 0.3) is 0 Å². The van der Waals surface area contributed by atoms with Crippen molar-refractivity contribution in [2.75, 3.05) is 13.1 Å². The molecule has 0 aliphatic carbocycles. The quantitative estimate of drug-likeness (QED) is 0.325. The average molecular weight is 241 g/mol. The molecule has 0 spiro atoms. The van der Waals surface area contributed by atoms with Gasteiger partial charge in [0.2, 0.25) is 5.91 Å². The number of carbonyl (C=O) groups excluding carboxylic acids is 1. The third kappa shape index (κ3) is 6.10. The summed E-state index contributed by atoms with van der Waals surface area (Å²) in [5.41, 5.74) is 5.04. The largest absolute Gasteiger partial charge is 0.409 e. The van der Waals surface area contributed by atoms with Gasteiger partial charge in [0.25, 0.3) is 0 Å². The van der Waals surface area contributed by atoms with E-state index in [0.717, 1.165) is 0 Å². The molecule has 0 bridgehead atoms. The van der Waals surface area contributed by atoms with Crippen LogP contribution in [0.2, 0.25) is 0 Å². The summed E-state index contributed by atoms with van der Waals surface area (Å²) in [4.78, 5) is 12.0. The van der Waals surface area contributed by atoms with E-state index in [1.807, 2.05) is 0 Å². The molecule has 0 fully saturated rings. The molecule has 0 aromatic carbocycles. The third-order valence-corrected chi connectivity index (χ3v) is 1.68. The van der Waals surface area contributed by atoms with Gasteiger partial charge in [0, 0.05) is 6.54 Å². The van der Waals surface area contributed by atoms with E-state index >= 15 is 0 Å². The number of carbonyl (C=O) groups is 1. The number of amidine groups is 1. The molecule has 0 aliphatic heterocycles. The van der Waals surface area contributed by atoms with Crippen LogP contribution in [0.1, 0.15) is 19.8 Å². The summed E-state index contributed by atoms with van der Waals surface area (Å²) < 4.78 is 36.3. The average Bonchev–Trinajstić information content (AvgIpc) is 2.14. The Kier molecular flexibility index (Phi) is 5.62. The summed E-state index contributed by atoms with van der Waals surface area (Å²) in [6.07, 6.45) is -4.57. The van der Waals surface area contributed by atoms with Crippen LogP contribution in [0.5, 0.6) is 0 Å². The Bertz CT molecular complexity index is 266. The number of hydrogen-bond donors (Lipinski definition) is 2. The van der Waals surface area contributed by atoms with Gasteiger partial charge in [0.05, 0.1) is 6.42 Å². The highest BCUT2D eigenvalue weighted by Gasteiger charge is 2.32. The summed E-state index contributed by atoms with van der Waals surface area (Å²) in [5.74, 6) is -1.22. The topological polar surface area (TPSA) is 78.9 Å². The molecule has 94 valence electrons. The number of halogens is 3. The zero-order valence-electron chi connectivity index (χ0n) is 8.79. The van der Waals surface area contributed by atoms with E-state index < -0.39 is 30.9 Å². The van der Waals surface area contributed by atoms with Crippen molar-refractivity contribution in [3.05, 3.63) is 0 Å². The first kappa shape index (κ1) is 14.5. The summed E-state index contributed by atoms with van der Waals surface area (Å²) >= 11 is 0. The molecule has 0 saturated heterocycles. The highest BCUT2D eigenvalue weighted by molar-refractivity contribution is 5.98. The highest BCUT2D eigenvalue weighted by Crippen LogP contribution is 2.17. The number of amides is 1. The first-order valence-corrected chi connectivity index (χ1v) is 4.61. The van der Waals surface area contributed by atoms with E-state index in [1.165, 1.54) is 0 Å². The second-order valence-corrected chi connectivity index (χ2v) is 3.20. The minimum absolute atomic E-state index is 0.0168. The molecule has 0 aliphatic rings. The van der Waals surface area contributed by atoms with Crippen LogP contribution in [0.4, 0.5) is 13.2 Å². The Hall–Kier alpha value is -1.47. The van der Waals surface area contributed by atoms with E-state index in [-0.39, 0.29) is 6.54 Å². The molecular formula is C8H14F3N3O2. The summed E-state index contributed by atoms with van der Waals surface area (Å²) in [5, 5.41) is 10.7. The molecule has 3 N–H and O–H groups in total. The minimum atomic E-state index is -4.45. The lowest BCUT2D eigenvalue weighted by Crippen LogP contribution is -2.41. The van der Waals surface area contributed by atoms with E-state index in [9.17, 15) is 18.0 Å². The molecule has 8 heteroatoms. The Morgan fingerprint density at radius 3 is 2.44 bits per heavy atom. The van der Waals surface area contributed by atoms with Gasteiger partial charge < -0.3 is 15.8 Å². The molecule has 0 heterocycles. The third-order valence-electron chi connectivity index (χ3n) is 1.68. The van der Waals surface area contributed by atoms with Gasteiger partial charge in [-0.2, -0.15) is 13.2 Å². The molecule has 16 heavy (non-hydrogen) atoms. The van der Waals surface area contributed by atoms with E-state index in [1.54, 1.807) is 6.92 Å². The molecular weight excluding hydrogens is 227 g/mol. The SMILES string of the molecule is CCCN(CC(F)(F)F)C(=O)CC(N)=NO. The number of rotatable bonds is 5. The number of nitrogens with zero attached hydrogens (tertiary/aromatic N) is 2. The Labute approximate surface area is 90.7 Å². The van der Waals surface area contributed by atoms with E-state index in [2.05, 4.69) is 5.16 Å². The van der Waals surface area contributed by atoms with Crippen molar-refractivity contribution in [2.45, 2.75) is 25.9 Å². The lowest BCUT2D eigenvalue weighted by molar-refractivity contribution is -0.160. The fourth-order valence-electron chi connectivity index (χ4n) is 1.08. The van der Waals surface area contributed by atoms with Gasteiger partial charge in [0.15, 0.2) is 0 Å². The van der Waals surface area contributed by atoms with Crippen LogP contribution >= 0.6 is 0 Å². The maximum absolute atomic E-state index is 12.1. The molecule has 0 aromatic heterocycles. The van der Waals surface area contributed by atoms with Crippen LogP contribution in [-0.4, -0.2) is 41.1 Å². The lowest BCUT2D eigenvalue weighted by Gasteiger charge is -2.23. The molecule has 0 rings (SSSR count). The van der Waals surface area contributed by atoms with Gasteiger partial charge in [-0.25, -0.2) is 0 Å². The van der Waals surface area contributed by atoms with Crippen LogP contribution in [0, 0.1) is 0 Å². The zero-order chi connectivity index (χ0) is 12.8. The van der Waals surface area contributed by atoms with Crippen LogP contribution in [0.15, 0.2) is 5.16 Å². The van der Waals surface area contributed by atoms with Crippen molar-refractivity contribution in [3.8, 4) is 0 Å². The van der Waals surface area contributed by atoms with E-state index in [4.69, 9.17) is 10.9 Å². The number of alkyl halides is 3. The van der Waals surface area contributed by atoms with Gasteiger partial charge in [-0.1, -0.05) is 12.1 Å². The van der Waals surface area contributed by atoms with Gasteiger partial charge in [-0.3, -0.25) is 4.79 Å². The zero-order valence-corrected chi connectivity index (χ0v) is 8.79. The molecule has 5 nitrogen and oxygen atoms in total.